The molecule has 1 aromatic rings. The maximum atomic E-state index is 5.68. The summed E-state index contributed by atoms with van der Waals surface area (Å²) in [6, 6.07) is 0. The number of nitrogens with zero attached hydrogens (tertiary/aromatic N) is 4. The van der Waals surface area contributed by atoms with Gasteiger partial charge in [0.2, 0.25) is 16.5 Å². The molecule has 0 spiro atoms. The molecule has 1 fully saturated rings. The van der Waals surface area contributed by atoms with Gasteiger partial charge in [0.1, 0.15) is 5.60 Å². The molecule has 0 atom stereocenters. The molecule has 2 heterocycles. The lowest BCUT2D eigenvalue weighted by atomic mass is 9.97. The van der Waals surface area contributed by atoms with Gasteiger partial charge in [-0.25, -0.2) is 0 Å². The molecule has 0 saturated carbocycles. The third-order valence-corrected chi connectivity index (χ3v) is 2.73. The number of aromatic nitrogens is 3. The van der Waals surface area contributed by atoms with Gasteiger partial charge in [0, 0.05) is 7.11 Å². The molecule has 7 heteroatoms. The summed E-state index contributed by atoms with van der Waals surface area (Å²) in [7, 11) is 1.69. The highest BCUT2D eigenvalue weighted by Gasteiger charge is 2.40. The van der Waals surface area contributed by atoms with Crippen LogP contribution in [0.4, 0.5) is 5.95 Å². The van der Waals surface area contributed by atoms with Crippen LogP contribution in [0.15, 0.2) is 0 Å². The zero-order valence-corrected chi connectivity index (χ0v) is 9.88. The van der Waals surface area contributed by atoms with E-state index >= 15 is 0 Å². The molecule has 1 aliphatic rings. The van der Waals surface area contributed by atoms with Crippen molar-refractivity contribution in [2.75, 3.05) is 25.1 Å². The number of halogens is 2. The normalized spacial score (nSPS) is 18.8. The third-order valence-electron chi connectivity index (χ3n) is 2.40. The molecule has 1 aliphatic heterocycles. The molecule has 0 N–H and O–H groups in total. The Kier molecular flexibility index (Phi) is 2.70. The molecule has 0 amide bonds. The van der Waals surface area contributed by atoms with Crippen LogP contribution in [0.3, 0.4) is 0 Å². The van der Waals surface area contributed by atoms with E-state index in [1.54, 1.807) is 7.11 Å². The Morgan fingerprint density at radius 2 is 1.73 bits per heavy atom. The smallest absolute Gasteiger partial charge is 0.231 e. The Bertz CT molecular complexity index is 361. The fourth-order valence-electron chi connectivity index (χ4n) is 1.49. The van der Waals surface area contributed by atoms with Crippen molar-refractivity contribution in [2.24, 2.45) is 0 Å². The van der Waals surface area contributed by atoms with Gasteiger partial charge in [-0.15, -0.1) is 0 Å². The Balaban J connectivity index is 2.13. The second-order valence-electron chi connectivity index (χ2n) is 3.68. The van der Waals surface area contributed by atoms with E-state index in [2.05, 4.69) is 15.0 Å². The van der Waals surface area contributed by atoms with Crippen molar-refractivity contribution in [3.05, 3.63) is 10.6 Å². The van der Waals surface area contributed by atoms with Crippen LogP contribution in [-0.4, -0.2) is 40.8 Å². The summed E-state index contributed by atoms with van der Waals surface area (Å²) in [5.41, 5.74) is -0.133. The number of ether oxygens (including phenoxy) is 1. The molecule has 0 aliphatic carbocycles. The minimum absolute atomic E-state index is 0.107. The van der Waals surface area contributed by atoms with E-state index in [-0.39, 0.29) is 16.2 Å². The van der Waals surface area contributed by atoms with Gasteiger partial charge in [-0.2, -0.15) is 15.0 Å². The molecule has 0 aromatic carbocycles. The topological polar surface area (TPSA) is 51.1 Å². The minimum Gasteiger partial charge on any atom is -0.375 e. The molecule has 15 heavy (non-hydrogen) atoms. The van der Waals surface area contributed by atoms with Gasteiger partial charge < -0.3 is 9.64 Å². The molecule has 0 bridgehead atoms. The highest BCUT2D eigenvalue weighted by atomic mass is 35.5. The molecular weight excluding hydrogens is 239 g/mol. The van der Waals surface area contributed by atoms with E-state index in [4.69, 9.17) is 27.9 Å². The molecular formula is C8H10Cl2N4O. The van der Waals surface area contributed by atoms with E-state index in [1.165, 1.54) is 0 Å². The fourth-order valence-corrected chi connectivity index (χ4v) is 1.84. The van der Waals surface area contributed by atoms with E-state index in [9.17, 15) is 0 Å². The Labute approximate surface area is 97.4 Å². The largest absolute Gasteiger partial charge is 0.375 e. The van der Waals surface area contributed by atoms with Crippen LogP contribution in [0.5, 0.6) is 0 Å². The molecule has 2 rings (SSSR count). The average molecular weight is 249 g/mol. The zero-order valence-electron chi connectivity index (χ0n) is 8.37. The van der Waals surface area contributed by atoms with Gasteiger partial charge >= 0.3 is 0 Å². The summed E-state index contributed by atoms with van der Waals surface area (Å²) in [4.78, 5) is 13.6. The molecule has 0 unspecified atom stereocenters. The minimum atomic E-state index is -0.133. The molecule has 0 radical (unpaired) electrons. The number of hydrogen-bond acceptors (Lipinski definition) is 5. The summed E-state index contributed by atoms with van der Waals surface area (Å²) < 4.78 is 5.31. The van der Waals surface area contributed by atoms with Crippen molar-refractivity contribution >= 4 is 29.2 Å². The van der Waals surface area contributed by atoms with Gasteiger partial charge in [-0.05, 0) is 30.1 Å². The predicted molar refractivity (Wildman–Crippen MR) is 57.5 cm³/mol. The Morgan fingerprint density at radius 3 is 2.20 bits per heavy atom. The van der Waals surface area contributed by atoms with E-state index in [1.807, 2.05) is 11.8 Å². The van der Waals surface area contributed by atoms with Gasteiger partial charge in [-0.3, -0.25) is 0 Å². The highest BCUT2D eigenvalue weighted by Crippen LogP contribution is 2.28. The van der Waals surface area contributed by atoms with Gasteiger partial charge in [-0.1, -0.05) is 0 Å². The molecule has 5 nitrogen and oxygen atoms in total. The number of methoxy groups -OCH3 is 1. The molecule has 1 aromatic heterocycles. The van der Waals surface area contributed by atoms with Gasteiger partial charge in [0.15, 0.2) is 0 Å². The number of hydrogen-bond donors (Lipinski definition) is 0. The van der Waals surface area contributed by atoms with Crippen LogP contribution < -0.4 is 4.90 Å². The molecule has 1 saturated heterocycles. The average Bonchev–Trinajstić information content (AvgIpc) is 2.11. The van der Waals surface area contributed by atoms with Crippen molar-refractivity contribution in [1.29, 1.82) is 0 Å². The van der Waals surface area contributed by atoms with Crippen LogP contribution in [-0.2, 0) is 4.74 Å². The molecule has 82 valence electrons. The summed E-state index contributed by atoms with van der Waals surface area (Å²) in [6.07, 6.45) is 0. The first-order valence-corrected chi connectivity index (χ1v) is 5.15. The first-order chi connectivity index (χ1) is 7.02. The van der Waals surface area contributed by atoms with E-state index in [0.29, 0.717) is 5.95 Å². The van der Waals surface area contributed by atoms with Crippen molar-refractivity contribution in [3.8, 4) is 0 Å². The van der Waals surface area contributed by atoms with Gasteiger partial charge in [0.25, 0.3) is 0 Å². The summed E-state index contributed by atoms with van der Waals surface area (Å²) in [5, 5.41) is 0.215. The predicted octanol–water partition coefficient (Wildman–Crippen LogP) is 1.40. The first-order valence-electron chi connectivity index (χ1n) is 4.40. The maximum absolute atomic E-state index is 5.68. The van der Waals surface area contributed by atoms with E-state index in [0.717, 1.165) is 13.1 Å². The number of anilines is 1. The van der Waals surface area contributed by atoms with Gasteiger partial charge in [0.05, 0.1) is 13.1 Å². The standard InChI is InChI=1S/C8H10Cl2N4O/c1-8(15-2)3-14(4-8)7-12-5(9)11-6(10)13-7/h3-4H2,1-2H3. The fraction of sp³-hybridized carbons (Fsp3) is 0.625. The maximum Gasteiger partial charge on any atom is 0.231 e. The lowest BCUT2D eigenvalue weighted by Crippen LogP contribution is -2.61. The lowest BCUT2D eigenvalue weighted by molar-refractivity contribution is -0.0175. The summed E-state index contributed by atoms with van der Waals surface area (Å²) in [5.74, 6) is 0.495. The first kappa shape index (κ1) is 10.9. The van der Waals surface area contributed by atoms with Crippen molar-refractivity contribution in [3.63, 3.8) is 0 Å². The van der Waals surface area contributed by atoms with E-state index < -0.39 is 0 Å². The summed E-state index contributed by atoms with van der Waals surface area (Å²) >= 11 is 11.4. The quantitative estimate of drug-likeness (QED) is 0.793. The van der Waals surface area contributed by atoms with Crippen LogP contribution in [0.1, 0.15) is 6.92 Å². The van der Waals surface area contributed by atoms with Crippen molar-refractivity contribution < 1.29 is 4.74 Å². The second-order valence-corrected chi connectivity index (χ2v) is 4.36. The van der Waals surface area contributed by atoms with Crippen LogP contribution >= 0.6 is 23.2 Å². The van der Waals surface area contributed by atoms with Crippen molar-refractivity contribution in [1.82, 2.24) is 15.0 Å². The SMILES string of the molecule is COC1(C)CN(c2nc(Cl)nc(Cl)n2)C1. The summed E-state index contributed by atoms with van der Waals surface area (Å²) in [6.45, 7) is 3.47. The van der Waals surface area contributed by atoms with Crippen molar-refractivity contribution in [2.45, 2.75) is 12.5 Å². The number of rotatable bonds is 2. The highest BCUT2D eigenvalue weighted by molar-refractivity contribution is 6.31. The Hall–Kier alpha value is -0.650. The van der Waals surface area contributed by atoms with Crippen LogP contribution in [0.25, 0.3) is 0 Å². The second kappa shape index (κ2) is 3.73. The third kappa shape index (κ3) is 2.14. The van der Waals surface area contributed by atoms with Crippen LogP contribution in [0, 0.1) is 0 Å². The lowest BCUT2D eigenvalue weighted by Gasteiger charge is -2.46. The monoisotopic (exact) mass is 248 g/mol. The Morgan fingerprint density at radius 1 is 1.20 bits per heavy atom. The van der Waals surface area contributed by atoms with Crippen LogP contribution in [0.2, 0.25) is 10.6 Å². The zero-order chi connectivity index (χ0) is 11.1.